The Morgan fingerprint density at radius 1 is 1.09 bits per heavy atom. The number of aromatic nitrogens is 1. The highest BCUT2D eigenvalue weighted by Gasteiger charge is 2.14. The van der Waals surface area contributed by atoms with Crippen LogP contribution in [0.25, 0.3) is 10.9 Å². The molecule has 2 rings (SSSR count). The van der Waals surface area contributed by atoms with Crippen LogP contribution in [-0.4, -0.2) is 36.7 Å². The molecule has 0 fully saturated rings. The Labute approximate surface area is 128 Å². The van der Waals surface area contributed by atoms with Gasteiger partial charge < -0.3 is 19.2 Å². The van der Waals surface area contributed by atoms with Crippen molar-refractivity contribution >= 4 is 22.8 Å². The van der Waals surface area contributed by atoms with E-state index >= 15 is 0 Å². The lowest BCUT2D eigenvalue weighted by Gasteiger charge is -2.08. The number of hydrogen-bond donors (Lipinski definition) is 1. The minimum absolute atomic E-state index is 0.146. The number of ether oxygens (including phenoxy) is 3. The van der Waals surface area contributed by atoms with Crippen LogP contribution in [0.1, 0.15) is 19.4 Å². The number of esters is 2. The number of nitrogens with one attached hydrogen (secondary N) is 1. The van der Waals surface area contributed by atoms with Gasteiger partial charge in [0.2, 0.25) is 0 Å². The van der Waals surface area contributed by atoms with Crippen molar-refractivity contribution in [2.45, 2.75) is 20.3 Å². The van der Waals surface area contributed by atoms with E-state index in [1.165, 1.54) is 0 Å². The molecule has 2 aromatic rings. The standard InChI is InChI=1S/C16H19NO5/c1-3-20-14(18)8-11-9-17-12-6-5-7-13(16(11)12)22-10-15(19)21-4-2/h5-7,9,17H,3-4,8,10H2,1-2H3. The maximum Gasteiger partial charge on any atom is 0.344 e. The molecule has 1 aromatic carbocycles. The minimum atomic E-state index is -0.429. The molecule has 1 N–H and O–H groups in total. The number of fused-ring (bicyclic) bond motifs is 1. The van der Waals surface area contributed by atoms with Gasteiger partial charge in [0.25, 0.3) is 0 Å². The maximum atomic E-state index is 11.7. The molecule has 6 nitrogen and oxygen atoms in total. The topological polar surface area (TPSA) is 77.6 Å². The van der Waals surface area contributed by atoms with Crippen LogP contribution in [0.5, 0.6) is 5.75 Å². The van der Waals surface area contributed by atoms with Gasteiger partial charge in [0.1, 0.15) is 5.75 Å². The number of carbonyl (C=O) groups is 2. The SMILES string of the molecule is CCOC(=O)COc1cccc2[nH]cc(CC(=O)OCC)c12. The van der Waals surface area contributed by atoms with Crippen molar-refractivity contribution < 1.29 is 23.8 Å². The van der Waals surface area contributed by atoms with Crippen LogP contribution in [0.2, 0.25) is 0 Å². The molecule has 0 bridgehead atoms. The quantitative estimate of drug-likeness (QED) is 0.794. The zero-order chi connectivity index (χ0) is 15.9. The second kappa shape index (κ2) is 7.49. The van der Waals surface area contributed by atoms with Gasteiger partial charge in [-0.1, -0.05) is 6.07 Å². The Bertz CT molecular complexity index is 662. The van der Waals surface area contributed by atoms with Gasteiger partial charge in [0, 0.05) is 17.1 Å². The molecule has 118 valence electrons. The van der Waals surface area contributed by atoms with Crippen molar-refractivity contribution in [3.05, 3.63) is 30.0 Å². The van der Waals surface area contributed by atoms with E-state index < -0.39 is 5.97 Å². The zero-order valence-electron chi connectivity index (χ0n) is 12.7. The summed E-state index contributed by atoms with van der Waals surface area (Å²) in [5.41, 5.74) is 1.61. The normalized spacial score (nSPS) is 10.5. The van der Waals surface area contributed by atoms with E-state index in [4.69, 9.17) is 14.2 Å². The van der Waals surface area contributed by atoms with Crippen LogP contribution in [-0.2, 0) is 25.5 Å². The van der Waals surface area contributed by atoms with E-state index in [-0.39, 0.29) is 19.0 Å². The number of hydrogen-bond acceptors (Lipinski definition) is 5. The van der Waals surface area contributed by atoms with Crippen molar-refractivity contribution in [3.8, 4) is 5.75 Å². The number of aromatic amines is 1. The maximum absolute atomic E-state index is 11.7. The molecule has 0 unspecified atom stereocenters. The predicted octanol–water partition coefficient (Wildman–Crippen LogP) is 2.22. The molecule has 22 heavy (non-hydrogen) atoms. The summed E-state index contributed by atoms with van der Waals surface area (Å²) in [5.74, 6) is -0.198. The second-order valence-electron chi connectivity index (χ2n) is 4.57. The fourth-order valence-electron chi connectivity index (χ4n) is 2.19. The van der Waals surface area contributed by atoms with Crippen LogP contribution in [0.15, 0.2) is 24.4 Å². The van der Waals surface area contributed by atoms with Crippen molar-refractivity contribution in [1.29, 1.82) is 0 Å². The second-order valence-corrected chi connectivity index (χ2v) is 4.57. The number of rotatable bonds is 7. The van der Waals surface area contributed by atoms with Crippen LogP contribution in [0.3, 0.4) is 0 Å². The van der Waals surface area contributed by atoms with E-state index in [0.717, 1.165) is 16.5 Å². The third-order valence-electron chi connectivity index (χ3n) is 3.04. The van der Waals surface area contributed by atoms with Crippen molar-refractivity contribution in [1.82, 2.24) is 4.98 Å². The summed E-state index contributed by atoms with van der Waals surface area (Å²) in [5, 5.41) is 0.778. The molecular weight excluding hydrogens is 286 g/mol. The van der Waals surface area contributed by atoms with Gasteiger partial charge in [-0.15, -0.1) is 0 Å². The van der Waals surface area contributed by atoms with E-state index in [1.807, 2.05) is 12.1 Å². The summed E-state index contributed by atoms with van der Waals surface area (Å²) in [6, 6.07) is 5.44. The average Bonchev–Trinajstić information content (AvgIpc) is 2.89. The Hall–Kier alpha value is -2.50. The Morgan fingerprint density at radius 2 is 1.82 bits per heavy atom. The molecule has 1 aromatic heterocycles. The molecule has 6 heteroatoms. The highest BCUT2D eigenvalue weighted by Crippen LogP contribution is 2.29. The first-order valence-corrected chi connectivity index (χ1v) is 7.18. The minimum Gasteiger partial charge on any atom is -0.481 e. The zero-order valence-corrected chi connectivity index (χ0v) is 12.7. The smallest absolute Gasteiger partial charge is 0.344 e. The third kappa shape index (κ3) is 3.78. The first kappa shape index (κ1) is 15.9. The third-order valence-corrected chi connectivity index (χ3v) is 3.04. The lowest BCUT2D eigenvalue weighted by atomic mass is 10.1. The molecule has 0 saturated carbocycles. The van der Waals surface area contributed by atoms with E-state index in [2.05, 4.69) is 4.98 Å². The van der Waals surface area contributed by atoms with E-state index in [9.17, 15) is 9.59 Å². The van der Waals surface area contributed by atoms with Gasteiger partial charge in [0.15, 0.2) is 6.61 Å². The lowest BCUT2D eigenvalue weighted by molar-refractivity contribution is -0.145. The number of benzene rings is 1. The summed E-state index contributed by atoms with van der Waals surface area (Å²) in [6.45, 7) is 3.98. The van der Waals surface area contributed by atoms with Gasteiger partial charge in [-0.25, -0.2) is 4.79 Å². The highest BCUT2D eigenvalue weighted by molar-refractivity contribution is 5.92. The molecule has 0 amide bonds. The monoisotopic (exact) mass is 305 g/mol. The van der Waals surface area contributed by atoms with Crippen molar-refractivity contribution in [2.24, 2.45) is 0 Å². The fraction of sp³-hybridized carbons (Fsp3) is 0.375. The van der Waals surface area contributed by atoms with E-state index in [0.29, 0.717) is 19.0 Å². The van der Waals surface area contributed by atoms with Crippen LogP contribution in [0, 0.1) is 0 Å². The van der Waals surface area contributed by atoms with Gasteiger partial charge >= 0.3 is 11.9 Å². The first-order valence-electron chi connectivity index (χ1n) is 7.18. The summed E-state index contributed by atoms with van der Waals surface area (Å²) in [7, 11) is 0. The van der Waals surface area contributed by atoms with Gasteiger partial charge in [-0.2, -0.15) is 0 Å². The molecule has 0 aliphatic heterocycles. The van der Waals surface area contributed by atoms with Crippen LogP contribution in [0.4, 0.5) is 0 Å². The van der Waals surface area contributed by atoms with E-state index in [1.54, 1.807) is 26.1 Å². The summed E-state index contributed by atoms with van der Waals surface area (Å²) < 4.78 is 15.3. The number of carbonyl (C=O) groups excluding carboxylic acids is 2. The van der Waals surface area contributed by atoms with Crippen molar-refractivity contribution in [2.75, 3.05) is 19.8 Å². The van der Waals surface area contributed by atoms with Crippen LogP contribution >= 0.6 is 0 Å². The lowest BCUT2D eigenvalue weighted by Crippen LogP contribution is -2.14. The molecular formula is C16H19NO5. The van der Waals surface area contributed by atoms with Gasteiger partial charge in [-0.3, -0.25) is 4.79 Å². The Morgan fingerprint density at radius 3 is 2.55 bits per heavy atom. The van der Waals surface area contributed by atoms with Crippen molar-refractivity contribution in [3.63, 3.8) is 0 Å². The molecule has 0 atom stereocenters. The summed E-state index contributed by atoms with van der Waals surface area (Å²) in [6.07, 6.45) is 1.90. The molecule has 0 aliphatic rings. The largest absolute Gasteiger partial charge is 0.481 e. The highest BCUT2D eigenvalue weighted by atomic mass is 16.6. The van der Waals surface area contributed by atoms with Crippen LogP contribution < -0.4 is 4.74 Å². The molecule has 0 radical (unpaired) electrons. The van der Waals surface area contributed by atoms with Gasteiger partial charge in [0.05, 0.1) is 19.6 Å². The Kier molecular flexibility index (Phi) is 5.41. The summed E-state index contributed by atoms with van der Waals surface area (Å²) in [4.78, 5) is 26.2. The molecule has 0 saturated heterocycles. The number of H-pyrrole nitrogens is 1. The van der Waals surface area contributed by atoms with Gasteiger partial charge in [-0.05, 0) is 31.5 Å². The summed E-state index contributed by atoms with van der Waals surface area (Å²) >= 11 is 0. The Balaban J connectivity index is 2.20. The molecule has 1 heterocycles. The molecule has 0 spiro atoms. The molecule has 0 aliphatic carbocycles. The fourth-order valence-corrected chi connectivity index (χ4v) is 2.19. The predicted molar refractivity (Wildman–Crippen MR) is 80.8 cm³/mol. The average molecular weight is 305 g/mol. The first-order chi connectivity index (χ1) is 10.7.